The molecular weight excluding hydrogens is 404 g/mol. The number of benzene rings is 2. The Kier molecular flexibility index (Phi) is 5.52. The van der Waals surface area contributed by atoms with E-state index in [0.717, 1.165) is 42.6 Å². The van der Waals surface area contributed by atoms with E-state index in [4.69, 9.17) is 0 Å². The summed E-state index contributed by atoms with van der Waals surface area (Å²) in [5.41, 5.74) is 2.51. The predicted molar refractivity (Wildman–Crippen MR) is 121 cm³/mol. The van der Waals surface area contributed by atoms with Crippen molar-refractivity contribution in [2.45, 2.75) is 37.1 Å². The first-order valence-electron chi connectivity index (χ1n) is 11.3. The summed E-state index contributed by atoms with van der Waals surface area (Å²) in [6, 6.07) is 15.6. The first kappa shape index (κ1) is 21.2. The molecule has 3 N–H and O–H groups in total. The number of aliphatic hydroxyl groups excluding tert-OH is 2. The fraction of sp³-hybridized carbons (Fsp3) is 0.423. The van der Waals surface area contributed by atoms with Crippen LogP contribution in [0.5, 0.6) is 0 Å². The van der Waals surface area contributed by atoms with Gasteiger partial charge in [-0.3, -0.25) is 9.69 Å². The van der Waals surface area contributed by atoms with Crippen molar-refractivity contribution in [1.82, 2.24) is 4.90 Å². The first-order chi connectivity index (χ1) is 15.4. The summed E-state index contributed by atoms with van der Waals surface area (Å²) in [6.45, 7) is 2.72. The normalized spacial score (nSPS) is 31.5. The van der Waals surface area contributed by atoms with Gasteiger partial charge < -0.3 is 20.2 Å². The maximum absolute atomic E-state index is 12.4. The highest BCUT2D eigenvalue weighted by Crippen LogP contribution is 2.35. The highest BCUT2D eigenvalue weighted by atomic mass is 16.3. The lowest BCUT2D eigenvalue weighted by Gasteiger charge is -2.47. The van der Waals surface area contributed by atoms with Gasteiger partial charge in [0.2, 0.25) is 0 Å². The van der Waals surface area contributed by atoms with Crippen LogP contribution in [0.1, 0.15) is 29.5 Å². The smallest absolute Gasteiger partial charge is 0.258 e. The first-order valence-corrected chi connectivity index (χ1v) is 11.3. The van der Waals surface area contributed by atoms with E-state index in [2.05, 4.69) is 16.7 Å². The molecule has 4 fully saturated rings. The Morgan fingerprint density at radius 1 is 1.06 bits per heavy atom. The number of carbonyl (C=O) groups excluding carboxylic acids is 1. The van der Waals surface area contributed by atoms with Gasteiger partial charge in [0, 0.05) is 23.7 Å². The Morgan fingerprint density at radius 2 is 1.81 bits per heavy atom. The summed E-state index contributed by atoms with van der Waals surface area (Å²) in [4.78, 5) is 16.1. The van der Waals surface area contributed by atoms with Crippen molar-refractivity contribution in [2.24, 2.45) is 5.92 Å². The van der Waals surface area contributed by atoms with Crippen molar-refractivity contribution in [3.8, 4) is 11.8 Å². The van der Waals surface area contributed by atoms with Crippen molar-refractivity contribution in [2.75, 3.05) is 31.1 Å². The van der Waals surface area contributed by atoms with E-state index in [-0.39, 0.29) is 12.5 Å². The molecule has 4 aliphatic heterocycles. The molecule has 0 spiro atoms. The van der Waals surface area contributed by atoms with E-state index >= 15 is 0 Å². The van der Waals surface area contributed by atoms with Crippen LogP contribution in [0.2, 0.25) is 0 Å². The molecule has 0 radical (unpaired) electrons. The van der Waals surface area contributed by atoms with Gasteiger partial charge in [-0.15, -0.1) is 0 Å². The number of carbonyl (C=O) groups is 1. The van der Waals surface area contributed by atoms with Crippen molar-refractivity contribution in [1.29, 1.82) is 0 Å². The van der Waals surface area contributed by atoms with Crippen LogP contribution in [-0.4, -0.2) is 70.1 Å². The van der Waals surface area contributed by atoms with E-state index in [1.165, 1.54) is 4.90 Å². The van der Waals surface area contributed by atoms with Gasteiger partial charge >= 0.3 is 0 Å². The molecule has 2 bridgehead atoms. The second-order valence-corrected chi connectivity index (χ2v) is 9.19. The molecule has 166 valence electrons. The summed E-state index contributed by atoms with van der Waals surface area (Å²) in [5.74, 6) is 6.15. The molecule has 4 heterocycles. The van der Waals surface area contributed by atoms with Crippen LogP contribution in [-0.2, 0) is 11.2 Å². The number of anilines is 1. The monoisotopic (exact) mass is 432 g/mol. The Hall–Kier alpha value is -2.69. The lowest BCUT2D eigenvalue weighted by molar-refractivity contribution is -0.126. The molecule has 0 aliphatic carbocycles. The van der Waals surface area contributed by atoms with Crippen LogP contribution in [0.15, 0.2) is 48.5 Å². The van der Waals surface area contributed by atoms with Gasteiger partial charge in [0.1, 0.15) is 11.7 Å². The SMILES string of the molecule is O=C1[C@H](O)[C@H](O)CN1c1ccc(C#C[C@@]2(O)CN3CCC2CC3)c(Cc2ccccc2)c1. The molecular formula is C26H28N2O4. The molecule has 2 aromatic carbocycles. The van der Waals surface area contributed by atoms with Crippen molar-refractivity contribution in [3.63, 3.8) is 0 Å². The van der Waals surface area contributed by atoms with Crippen LogP contribution < -0.4 is 4.90 Å². The average molecular weight is 433 g/mol. The quantitative estimate of drug-likeness (QED) is 0.634. The molecule has 6 nitrogen and oxygen atoms in total. The molecule has 6 rings (SSSR count). The minimum absolute atomic E-state index is 0.0626. The van der Waals surface area contributed by atoms with Crippen molar-refractivity contribution >= 4 is 11.6 Å². The molecule has 32 heavy (non-hydrogen) atoms. The molecule has 4 saturated heterocycles. The third-order valence-corrected chi connectivity index (χ3v) is 7.03. The Bertz CT molecular complexity index is 1070. The van der Waals surface area contributed by atoms with Crippen LogP contribution in [0.3, 0.4) is 0 Å². The number of amides is 1. The highest BCUT2D eigenvalue weighted by Gasteiger charge is 2.44. The highest BCUT2D eigenvalue weighted by molar-refractivity contribution is 5.99. The number of β-amino-alcohol motifs (C(OH)–C–C–N with tert-alkyl or cyclic N) is 1. The van der Waals surface area contributed by atoms with E-state index in [9.17, 15) is 20.1 Å². The zero-order valence-electron chi connectivity index (χ0n) is 17.9. The van der Waals surface area contributed by atoms with Crippen LogP contribution >= 0.6 is 0 Å². The van der Waals surface area contributed by atoms with Crippen molar-refractivity contribution < 1.29 is 20.1 Å². The Labute approximate surface area is 188 Å². The second-order valence-electron chi connectivity index (χ2n) is 9.19. The average Bonchev–Trinajstić information content (AvgIpc) is 3.07. The molecule has 0 unspecified atom stereocenters. The van der Waals surface area contributed by atoms with Crippen LogP contribution in [0.4, 0.5) is 5.69 Å². The third-order valence-electron chi connectivity index (χ3n) is 7.03. The summed E-state index contributed by atoms with van der Waals surface area (Å²) in [6.07, 6.45) is 0.0918. The third kappa shape index (κ3) is 3.94. The minimum Gasteiger partial charge on any atom is -0.388 e. The van der Waals surface area contributed by atoms with Gasteiger partial charge in [-0.05, 0) is 61.7 Å². The molecule has 4 aliphatic rings. The number of nitrogens with zero attached hydrogens (tertiary/aromatic N) is 2. The number of aliphatic hydroxyl groups is 3. The number of hydrogen-bond donors (Lipinski definition) is 3. The Morgan fingerprint density at radius 3 is 2.44 bits per heavy atom. The van der Waals surface area contributed by atoms with Gasteiger partial charge in [0.05, 0.1) is 6.54 Å². The fourth-order valence-corrected chi connectivity index (χ4v) is 5.12. The van der Waals surface area contributed by atoms with Gasteiger partial charge in [-0.2, -0.15) is 0 Å². The Balaban J connectivity index is 1.49. The van der Waals surface area contributed by atoms with E-state index in [1.807, 2.05) is 42.5 Å². The van der Waals surface area contributed by atoms with Crippen LogP contribution in [0.25, 0.3) is 0 Å². The standard InChI is InChI=1S/C26H28N2O4/c29-23-16-28(25(31)24(23)30)22-7-6-19(20(15-22)14-18-4-2-1-3-5-18)8-11-26(32)17-27-12-9-21(26)10-13-27/h1-7,15,21,23-24,29-30,32H,9-10,12-14,16-17H2/t23-,24-,26-/m1/s1. The summed E-state index contributed by atoms with van der Waals surface area (Å²) < 4.78 is 0. The molecule has 3 atom stereocenters. The second kappa shape index (κ2) is 8.34. The molecule has 2 aromatic rings. The maximum atomic E-state index is 12.4. The lowest BCUT2D eigenvalue weighted by Crippen LogP contribution is -2.58. The number of rotatable bonds is 3. The zero-order chi connectivity index (χ0) is 22.3. The van der Waals surface area contributed by atoms with Crippen LogP contribution in [0, 0.1) is 17.8 Å². The van der Waals surface area contributed by atoms with Gasteiger partial charge in [0.25, 0.3) is 5.91 Å². The lowest BCUT2D eigenvalue weighted by atomic mass is 9.75. The largest absolute Gasteiger partial charge is 0.388 e. The topological polar surface area (TPSA) is 84.2 Å². The molecule has 6 heteroatoms. The minimum atomic E-state index is -1.39. The summed E-state index contributed by atoms with van der Waals surface area (Å²) in [7, 11) is 0. The number of fused-ring (bicyclic) bond motifs is 3. The maximum Gasteiger partial charge on any atom is 0.258 e. The number of hydrogen-bond acceptors (Lipinski definition) is 5. The van der Waals surface area contributed by atoms with Gasteiger partial charge in [-0.25, -0.2) is 0 Å². The predicted octanol–water partition coefficient (Wildman–Crippen LogP) is 1.15. The summed E-state index contributed by atoms with van der Waals surface area (Å²) in [5, 5.41) is 31.0. The fourth-order valence-electron chi connectivity index (χ4n) is 5.12. The number of piperidine rings is 3. The zero-order valence-corrected chi connectivity index (χ0v) is 17.9. The van der Waals surface area contributed by atoms with E-state index < -0.39 is 23.7 Å². The summed E-state index contributed by atoms with van der Waals surface area (Å²) >= 11 is 0. The molecule has 0 aromatic heterocycles. The van der Waals surface area contributed by atoms with E-state index in [0.29, 0.717) is 18.7 Å². The van der Waals surface area contributed by atoms with Gasteiger partial charge in [-0.1, -0.05) is 42.2 Å². The van der Waals surface area contributed by atoms with E-state index in [1.54, 1.807) is 6.07 Å². The molecule has 0 saturated carbocycles. The van der Waals surface area contributed by atoms with Gasteiger partial charge in [0.15, 0.2) is 6.10 Å². The van der Waals surface area contributed by atoms with Crippen molar-refractivity contribution in [3.05, 3.63) is 65.2 Å². The molecule has 1 amide bonds.